The van der Waals surface area contributed by atoms with E-state index < -0.39 is 0 Å². The summed E-state index contributed by atoms with van der Waals surface area (Å²) in [5.74, 6) is -0.201. The average molecular weight is 345 g/mol. The van der Waals surface area contributed by atoms with Gasteiger partial charge in [-0.1, -0.05) is 57.2 Å². The Hall–Kier alpha value is -3.19. The standard InChI is InChI=1S/C22H20FN3/c1-22(2,3)16-9-7-14(8-10-16)18-12-20(26-21(25)19(18)13-24)15-5-4-6-17(23)11-15/h4-12H,1-3H3,(H2,25,26). The maximum Gasteiger partial charge on any atom is 0.142 e. The zero-order chi connectivity index (χ0) is 18.9. The summed E-state index contributed by atoms with van der Waals surface area (Å²) >= 11 is 0. The fourth-order valence-corrected chi connectivity index (χ4v) is 2.86. The summed E-state index contributed by atoms with van der Waals surface area (Å²) in [6, 6.07) is 18.2. The smallest absolute Gasteiger partial charge is 0.142 e. The van der Waals surface area contributed by atoms with Crippen LogP contribution in [0.4, 0.5) is 10.2 Å². The minimum Gasteiger partial charge on any atom is -0.383 e. The van der Waals surface area contributed by atoms with Crippen molar-refractivity contribution in [2.45, 2.75) is 26.2 Å². The zero-order valence-electron chi connectivity index (χ0n) is 15.0. The monoisotopic (exact) mass is 345 g/mol. The molecule has 2 N–H and O–H groups in total. The molecule has 0 atom stereocenters. The predicted molar refractivity (Wildman–Crippen MR) is 103 cm³/mol. The molecule has 2 aromatic carbocycles. The first kappa shape index (κ1) is 17.6. The van der Waals surface area contributed by atoms with E-state index in [1.807, 2.05) is 12.1 Å². The van der Waals surface area contributed by atoms with Gasteiger partial charge in [0.15, 0.2) is 0 Å². The van der Waals surface area contributed by atoms with E-state index in [2.05, 4.69) is 44.0 Å². The second-order valence-corrected chi connectivity index (χ2v) is 7.26. The molecule has 0 aliphatic carbocycles. The first-order chi connectivity index (χ1) is 12.3. The van der Waals surface area contributed by atoms with E-state index in [0.29, 0.717) is 22.4 Å². The molecule has 0 saturated carbocycles. The van der Waals surface area contributed by atoms with Gasteiger partial charge in [-0.3, -0.25) is 0 Å². The van der Waals surface area contributed by atoms with Crippen LogP contribution in [0.1, 0.15) is 31.9 Å². The van der Waals surface area contributed by atoms with E-state index in [-0.39, 0.29) is 17.1 Å². The molecule has 0 saturated heterocycles. The van der Waals surface area contributed by atoms with Gasteiger partial charge in [0.1, 0.15) is 23.3 Å². The van der Waals surface area contributed by atoms with E-state index in [9.17, 15) is 9.65 Å². The van der Waals surface area contributed by atoms with Crippen molar-refractivity contribution < 1.29 is 4.39 Å². The van der Waals surface area contributed by atoms with E-state index in [1.165, 1.54) is 17.7 Å². The van der Waals surface area contributed by atoms with Crippen LogP contribution >= 0.6 is 0 Å². The highest BCUT2D eigenvalue weighted by molar-refractivity contribution is 5.80. The number of aromatic nitrogens is 1. The molecule has 3 nitrogen and oxygen atoms in total. The van der Waals surface area contributed by atoms with Gasteiger partial charge < -0.3 is 5.73 Å². The van der Waals surface area contributed by atoms with Gasteiger partial charge in [0.2, 0.25) is 0 Å². The van der Waals surface area contributed by atoms with Crippen LogP contribution in [-0.2, 0) is 5.41 Å². The summed E-state index contributed by atoms with van der Waals surface area (Å²) in [5.41, 5.74) is 10.3. The number of anilines is 1. The van der Waals surface area contributed by atoms with E-state index in [0.717, 1.165) is 5.56 Å². The van der Waals surface area contributed by atoms with Gasteiger partial charge >= 0.3 is 0 Å². The van der Waals surface area contributed by atoms with Crippen LogP contribution in [-0.4, -0.2) is 4.98 Å². The van der Waals surface area contributed by atoms with Crippen molar-refractivity contribution in [2.75, 3.05) is 5.73 Å². The van der Waals surface area contributed by atoms with Crippen LogP contribution in [0, 0.1) is 17.1 Å². The maximum atomic E-state index is 13.6. The Bertz CT molecular complexity index is 993. The molecule has 0 unspecified atom stereocenters. The number of nitrogens with zero attached hydrogens (tertiary/aromatic N) is 2. The lowest BCUT2D eigenvalue weighted by Gasteiger charge is -2.19. The first-order valence-corrected chi connectivity index (χ1v) is 8.37. The Kier molecular flexibility index (Phi) is 4.48. The van der Waals surface area contributed by atoms with E-state index in [4.69, 9.17) is 5.73 Å². The average Bonchev–Trinajstić information content (AvgIpc) is 2.60. The minimum atomic E-state index is -0.344. The molecule has 4 heteroatoms. The molecule has 0 spiro atoms. The lowest BCUT2D eigenvalue weighted by molar-refractivity contribution is 0.590. The molecular weight excluding hydrogens is 325 g/mol. The maximum absolute atomic E-state index is 13.6. The third kappa shape index (κ3) is 3.43. The summed E-state index contributed by atoms with van der Waals surface area (Å²) in [5, 5.41) is 9.52. The molecule has 3 aromatic rings. The summed E-state index contributed by atoms with van der Waals surface area (Å²) in [6.07, 6.45) is 0. The third-order valence-electron chi connectivity index (χ3n) is 4.34. The molecule has 0 bridgehead atoms. The van der Waals surface area contributed by atoms with Crippen LogP contribution in [0.25, 0.3) is 22.4 Å². The molecule has 1 heterocycles. The lowest BCUT2D eigenvalue weighted by atomic mass is 9.86. The van der Waals surface area contributed by atoms with E-state index >= 15 is 0 Å². The highest BCUT2D eigenvalue weighted by Gasteiger charge is 2.16. The largest absolute Gasteiger partial charge is 0.383 e. The first-order valence-electron chi connectivity index (χ1n) is 8.37. The topological polar surface area (TPSA) is 62.7 Å². The molecular formula is C22H20FN3. The Morgan fingerprint density at radius 2 is 1.69 bits per heavy atom. The Morgan fingerprint density at radius 3 is 2.27 bits per heavy atom. The number of hydrogen-bond acceptors (Lipinski definition) is 3. The van der Waals surface area contributed by atoms with Crippen molar-refractivity contribution in [1.29, 1.82) is 5.26 Å². The Balaban J connectivity index is 2.16. The number of nitrogens with two attached hydrogens (primary N) is 1. The number of benzene rings is 2. The molecule has 0 aliphatic rings. The van der Waals surface area contributed by atoms with Crippen molar-refractivity contribution in [1.82, 2.24) is 4.98 Å². The molecule has 0 radical (unpaired) electrons. The van der Waals surface area contributed by atoms with Crippen LogP contribution in [0.3, 0.4) is 0 Å². The van der Waals surface area contributed by atoms with Gasteiger partial charge in [0.25, 0.3) is 0 Å². The third-order valence-corrected chi connectivity index (χ3v) is 4.34. The van der Waals surface area contributed by atoms with Crippen molar-refractivity contribution in [3.63, 3.8) is 0 Å². The zero-order valence-corrected chi connectivity index (χ0v) is 15.0. The highest BCUT2D eigenvalue weighted by atomic mass is 19.1. The van der Waals surface area contributed by atoms with Crippen LogP contribution < -0.4 is 5.73 Å². The van der Waals surface area contributed by atoms with Gasteiger partial charge in [-0.25, -0.2) is 9.37 Å². The van der Waals surface area contributed by atoms with Gasteiger partial charge in [0, 0.05) is 11.1 Å². The van der Waals surface area contributed by atoms with Crippen LogP contribution in [0.2, 0.25) is 0 Å². The second kappa shape index (κ2) is 6.61. The fraction of sp³-hybridized carbons (Fsp3) is 0.182. The second-order valence-electron chi connectivity index (χ2n) is 7.26. The number of pyridine rings is 1. The molecule has 0 aliphatic heterocycles. The number of hydrogen-bond donors (Lipinski definition) is 1. The predicted octanol–water partition coefficient (Wildman–Crippen LogP) is 5.31. The van der Waals surface area contributed by atoms with Crippen LogP contribution in [0.5, 0.6) is 0 Å². The quantitative estimate of drug-likeness (QED) is 0.685. The van der Waals surface area contributed by atoms with Crippen molar-refractivity contribution >= 4 is 5.82 Å². The van der Waals surface area contributed by atoms with E-state index in [1.54, 1.807) is 18.2 Å². The molecule has 3 rings (SSSR count). The molecule has 26 heavy (non-hydrogen) atoms. The Labute approximate surface area is 152 Å². The number of nitriles is 1. The van der Waals surface area contributed by atoms with Gasteiger partial charge in [-0.15, -0.1) is 0 Å². The molecule has 130 valence electrons. The SMILES string of the molecule is CC(C)(C)c1ccc(-c2cc(-c3cccc(F)c3)nc(N)c2C#N)cc1. The van der Waals surface area contributed by atoms with Gasteiger partial charge in [0.05, 0.1) is 5.69 Å². The molecule has 0 amide bonds. The summed E-state index contributed by atoms with van der Waals surface area (Å²) in [4.78, 5) is 4.29. The number of nitrogen functional groups attached to an aromatic ring is 1. The normalized spacial score (nSPS) is 11.2. The van der Waals surface area contributed by atoms with Crippen molar-refractivity contribution in [2.24, 2.45) is 0 Å². The Morgan fingerprint density at radius 1 is 1.00 bits per heavy atom. The highest BCUT2D eigenvalue weighted by Crippen LogP contribution is 2.32. The van der Waals surface area contributed by atoms with Crippen LogP contribution in [0.15, 0.2) is 54.6 Å². The van der Waals surface area contributed by atoms with Gasteiger partial charge in [-0.2, -0.15) is 5.26 Å². The summed E-state index contributed by atoms with van der Waals surface area (Å²) in [7, 11) is 0. The lowest BCUT2D eigenvalue weighted by Crippen LogP contribution is -2.10. The molecule has 1 aromatic heterocycles. The summed E-state index contributed by atoms with van der Waals surface area (Å²) < 4.78 is 13.6. The van der Waals surface area contributed by atoms with Crippen molar-refractivity contribution in [3.8, 4) is 28.5 Å². The fourth-order valence-electron chi connectivity index (χ4n) is 2.86. The van der Waals surface area contributed by atoms with Gasteiger partial charge in [-0.05, 0) is 34.7 Å². The minimum absolute atomic E-state index is 0.0422. The number of halogens is 1. The number of rotatable bonds is 2. The summed E-state index contributed by atoms with van der Waals surface area (Å²) in [6.45, 7) is 6.44. The molecule has 0 fully saturated rings. The van der Waals surface area contributed by atoms with Crippen molar-refractivity contribution in [3.05, 3.63) is 71.5 Å².